The second kappa shape index (κ2) is 13.5. The van der Waals surface area contributed by atoms with Gasteiger partial charge in [0.05, 0.1) is 29.2 Å². The first-order valence-electron chi connectivity index (χ1n) is 16.8. The Morgan fingerprint density at radius 2 is 1.70 bits per heavy atom. The molecule has 0 saturated heterocycles. The van der Waals surface area contributed by atoms with E-state index in [9.17, 15) is 14.4 Å². The molecule has 260 valence electrons. The van der Waals surface area contributed by atoms with E-state index in [4.69, 9.17) is 23.9 Å². The number of ether oxygens (including phenoxy) is 4. The van der Waals surface area contributed by atoms with E-state index in [-0.39, 0.29) is 23.1 Å². The molecule has 9 nitrogen and oxygen atoms in total. The molecule has 0 amide bonds. The van der Waals surface area contributed by atoms with Crippen molar-refractivity contribution < 1.29 is 33.3 Å². The molecule has 0 radical (unpaired) electrons. The molecule has 4 aromatic carbocycles. The lowest BCUT2D eigenvalue weighted by Gasteiger charge is -2.45. The number of unbranched alkanes of at least 4 members (excludes halogenated alkanes) is 1. The highest BCUT2D eigenvalue weighted by atomic mass is 79.9. The van der Waals surface area contributed by atoms with Gasteiger partial charge in [-0.25, -0.2) is 4.79 Å². The van der Waals surface area contributed by atoms with Gasteiger partial charge >= 0.3 is 17.9 Å². The molecule has 1 spiro atoms. The van der Waals surface area contributed by atoms with Crippen LogP contribution in [-0.4, -0.2) is 48.3 Å². The van der Waals surface area contributed by atoms with Crippen LogP contribution in [-0.2, 0) is 19.7 Å². The maximum Gasteiger partial charge on any atom is 0.343 e. The van der Waals surface area contributed by atoms with Crippen molar-refractivity contribution in [1.82, 2.24) is 0 Å². The third-order valence-electron chi connectivity index (χ3n) is 9.63. The predicted molar refractivity (Wildman–Crippen MR) is 197 cm³/mol. The number of halogens is 1. The summed E-state index contributed by atoms with van der Waals surface area (Å²) in [5.74, 6) is -0.439. The maximum atomic E-state index is 13.3. The first-order chi connectivity index (χ1) is 23.8. The fraction of sp³-hybridized carbons (Fsp3) is 0.350. The number of esters is 3. The highest BCUT2D eigenvalue weighted by Crippen LogP contribution is 2.54. The average Bonchev–Trinajstić information content (AvgIpc) is 3.25. The number of hydrogen-bond donors (Lipinski definition) is 0. The molecule has 4 aromatic rings. The van der Waals surface area contributed by atoms with E-state index in [1.165, 1.54) is 11.6 Å². The number of hydrogen-bond acceptors (Lipinski definition) is 9. The van der Waals surface area contributed by atoms with Crippen molar-refractivity contribution in [2.45, 2.75) is 69.8 Å². The molecule has 10 heteroatoms. The number of aliphatic imine (C=N–C) groups is 1. The van der Waals surface area contributed by atoms with Crippen LogP contribution >= 0.6 is 15.9 Å². The zero-order valence-corrected chi connectivity index (χ0v) is 30.7. The standard InChI is InChI=1S/C40H41BrN2O7/c1-7-8-20-47-36(45)31(41)23-38(2,3)37(46)49-27-13-11-12-26(21-27)35(44)48-28-18-16-25-17-19-33-34(29(25)22-28)42-24-40(50-33)39(4,5)30-14-9-10-15-32(30)43(40)6/h9-19,21-22,24,31H,7-8,20,23H2,1-6H3. The fourth-order valence-corrected chi connectivity index (χ4v) is 7.48. The normalized spacial score (nSPS) is 17.9. The highest BCUT2D eigenvalue weighted by molar-refractivity contribution is 9.10. The molecule has 0 saturated carbocycles. The van der Waals surface area contributed by atoms with Gasteiger partial charge in [-0.05, 0) is 94.0 Å². The summed E-state index contributed by atoms with van der Waals surface area (Å²) < 4.78 is 23.5. The number of benzene rings is 4. The minimum Gasteiger partial charge on any atom is -0.465 e. The Kier molecular flexibility index (Phi) is 9.52. The Morgan fingerprint density at radius 1 is 0.960 bits per heavy atom. The lowest BCUT2D eigenvalue weighted by molar-refractivity contribution is -0.147. The molecule has 0 aromatic heterocycles. The van der Waals surface area contributed by atoms with Gasteiger partial charge in [0.2, 0.25) is 5.72 Å². The first kappa shape index (κ1) is 35.1. The van der Waals surface area contributed by atoms with E-state index in [1.54, 1.807) is 44.2 Å². The van der Waals surface area contributed by atoms with Gasteiger partial charge in [0.25, 0.3) is 0 Å². The molecule has 0 aliphatic carbocycles. The van der Waals surface area contributed by atoms with E-state index in [1.807, 2.05) is 50.5 Å². The van der Waals surface area contributed by atoms with Gasteiger partial charge in [-0.3, -0.25) is 14.6 Å². The van der Waals surface area contributed by atoms with Crippen molar-refractivity contribution in [2.75, 3.05) is 18.6 Å². The number of fused-ring (bicyclic) bond motifs is 4. The summed E-state index contributed by atoms with van der Waals surface area (Å²) in [7, 11) is 2.02. The maximum absolute atomic E-state index is 13.3. The average molecular weight is 742 g/mol. The van der Waals surface area contributed by atoms with Crippen molar-refractivity contribution in [3.05, 3.63) is 90.0 Å². The van der Waals surface area contributed by atoms with Crippen LogP contribution in [0.1, 0.15) is 69.8 Å². The topological polar surface area (TPSA) is 104 Å². The number of carbonyl (C=O) groups is 3. The Morgan fingerprint density at radius 3 is 2.46 bits per heavy atom. The van der Waals surface area contributed by atoms with Gasteiger partial charge in [0, 0.05) is 18.1 Å². The monoisotopic (exact) mass is 740 g/mol. The number of likely N-dealkylation sites (N-methyl/N-ethyl adjacent to an activating group) is 1. The van der Waals surface area contributed by atoms with Gasteiger partial charge in [0.15, 0.2) is 0 Å². The number of carbonyl (C=O) groups excluding carboxylic acids is 3. The Hall–Kier alpha value is -4.70. The number of para-hydroxylation sites is 1. The molecule has 2 atom stereocenters. The third-order valence-corrected chi connectivity index (χ3v) is 10.3. The summed E-state index contributed by atoms with van der Waals surface area (Å²) in [6, 6.07) is 23.8. The van der Waals surface area contributed by atoms with Gasteiger partial charge < -0.3 is 23.8 Å². The van der Waals surface area contributed by atoms with Crippen LogP contribution in [0.5, 0.6) is 17.2 Å². The largest absolute Gasteiger partial charge is 0.465 e. The van der Waals surface area contributed by atoms with E-state index in [0.717, 1.165) is 29.3 Å². The smallest absolute Gasteiger partial charge is 0.343 e. The Labute approximate surface area is 300 Å². The minimum absolute atomic E-state index is 0.169. The van der Waals surface area contributed by atoms with Crippen molar-refractivity contribution in [3.8, 4) is 17.2 Å². The quantitative estimate of drug-likeness (QED) is 0.0689. The zero-order chi connectivity index (χ0) is 35.8. The van der Waals surface area contributed by atoms with Crippen LogP contribution in [0.2, 0.25) is 0 Å². The highest BCUT2D eigenvalue weighted by Gasteiger charge is 2.58. The number of alkyl halides is 1. The fourth-order valence-electron chi connectivity index (χ4n) is 6.54. The summed E-state index contributed by atoms with van der Waals surface area (Å²) in [5.41, 5.74) is 0.916. The second-order valence-electron chi connectivity index (χ2n) is 13.9. The van der Waals surface area contributed by atoms with Crippen molar-refractivity contribution >= 4 is 62.2 Å². The molecule has 2 heterocycles. The van der Waals surface area contributed by atoms with Crippen LogP contribution in [0.25, 0.3) is 10.8 Å². The van der Waals surface area contributed by atoms with Crippen molar-refractivity contribution in [3.63, 3.8) is 0 Å². The zero-order valence-electron chi connectivity index (χ0n) is 29.1. The lowest BCUT2D eigenvalue weighted by atomic mass is 9.77. The van der Waals surface area contributed by atoms with Gasteiger partial charge in [-0.1, -0.05) is 65.7 Å². The molecule has 2 aliphatic rings. The SMILES string of the molecule is CCCCOC(=O)C(Br)CC(C)(C)C(=O)Oc1cccc(C(=O)Oc2ccc3ccc4c(c3c2)N=CC2(O4)N(C)c3ccccc3C2(C)C)c1. The van der Waals surface area contributed by atoms with E-state index in [2.05, 4.69) is 46.8 Å². The predicted octanol–water partition coefficient (Wildman–Crippen LogP) is 8.71. The molecule has 2 unspecified atom stereocenters. The molecule has 2 aliphatic heterocycles. The van der Waals surface area contributed by atoms with Crippen molar-refractivity contribution in [1.29, 1.82) is 0 Å². The minimum atomic E-state index is -1.02. The summed E-state index contributed by atoms with van der Waals surface area (Å²) in [6.07, 6.45) is 3.73. The van der Waals surface area contributed by atoms with Crippen LogP contribution < -0.4 is 19.1 Å². The lowest BCUT2D eigenvalue weighted by Crippen LogP contribution is -2.61. The molecular weight excluding hydrogens is 700 g/mol. The first-order valence-corrected chi connectivity index (χ1v) is 17.7. The van der Waals surface area contributed by atoms with Gasteiger partial charge in [-0.2, -0.15) is 0 Å². The summed E-state index contributed by atoms with van der Waals surface area (Å²) in [4.78, 5) is 45.2. The molecule has 50 heavy (non-hydrogen) atoms. The van der Waals surface area contributed by atoms with Crippen molar-refractivity contribution in [2.24, 2.45) is 10.4 Å². The van der Waals surface area contributed by atoms with Crippen LogP contribution in [0.4, 0.5) is 11.4 Å². The summed E-state index contributed by atoms with van der Waals surface area (Å²) in [5, 5.41) is 1.69. The van der Waals surface area contributed by atoms with E-state index >= 15 is 0 Å². The third kappa shape index (κ3) is 6.37. The van der Waals surface area contributed by atoms with Gasteiger partial charge in [0.1, 0.15) is 27.8 Å². The Balaban J connectivity index is 1.16. The molecular formula is C40H41BrN2O7. The van der Waals surface area contributed by atoms with E-state index < -0.39 is 33.9 Å². The summed E-state index contributed by atoms with van der Waals surface area (Å²) >= 11 is 3.35. The second-order valence-corrected chi connectivity index (χ2v) is 15.0. The van der Waals surface area contributed by atoms with Crippen LogP contribution in [0.3, 0.4) is 0 Å². The van der Waals surface area contributed by atoms with Gasteiger partial charge in [-0.15, -0.1) is 0 Å². The molecule has 6 rings (SSSR count). The molecule has 0 fully saturated rings. The van der Waals surface area contributed by atoms with E-state index in [0.29, 0.717) is 23.8 Å². The number of nitrogens with zero attached hydrogens (tertiary/aromatic N) is 2. The Bertz CT molecular complexity index is 2010. The molecule has 0 N–H and O–H groups in total. The molecule has 0 bridgehead atoms. The van der Waals surface area contributed by atoms with Crippen LogP contribution in [0.15, 0.2) is 83.9 Å². The van der Waals surface area contributed by atoms with Crippen LogP contribution in [0, 0.1) is 5.41 Å². The number of rotatable bonds is 10. The summed E-state index contributed by atoms with van der Waals surface area (Å²) in [6.45, 7) is 10.1. The number of anilines is 1.